The second-order valence-corrected chi connectivity index (χ2v) is 8.35. The molecule has 150 valence electrons. The monoisotopic (exact) mass is 399 g/mol. The Balaban J connectivity index is 1.25. The largest absolute Gasteiger partial charge is 0.339 e. The summed E-state index contributed by atoms with van der Waals surface area (Å²) in [6.45, 7) is 1.72. The van der Waals surface area contributed by atoms with Crippen molar-refractivity contribution < 1.29 is 4.79 Å². The van der Waals surface area contributed by atoms with E-state index in [9.17, 15) is 4.79 Å². The van der Waals surface area contributed by atoms with Crippen LogP contribution in [0.25, 0.3) is 28.2 Å². The number of pyridine rings is 2. The number of amides is 1. The summed E-state index contributed by atoms with van der Waals surface area (Å²) >= 11 is 0. The maximum Gasteiger partial charge on any atom is 0.255 e. The van der Waals surface area contributed by atoms with Crippen molar-refractivity contribution in [3.63, 3.8) is 0 Å². The van der Waals surface area contributed by atoms with Gasteiger partial charge in [0.25, 0.3) is 5.91 Å². The molecule has 5 heterocycles. The Kier molecular flexibility index (Phi) is 3.74. The van der Waals surface area contributed by atoms with Crippen molar-refractivity contribution in [2.24, 2.45) is 5.41 Å². The van der Waals surface area contributed by atoms with E-state index in [2.05, 4.69) is 25.1 Å². The van der Waals surface area contributed by atoms with Gasteiger partial charge in [-0.05, 0) is 55.4 Å². The number of likely N-dealkylation sites (tertiary alicyclic amines) is 1. The van der Waals surface area contributed by atoms with Crippen molar-refractivity contribution in [3.8, 4) is 17.2 Å². The minimum absolute atomic E-state index is 0.0886. The Bertz CT molecular complexity index is 1210. The molecule has 0 aromatic carbocycles. The van der Waals surface area contributed by atoms with Crippen LogP contribution >= 0.6 is 0 Å². The van der Waals surface area contributed by atoms with Gasteiger partial charge >= 0.3 is 0 Å². The third kappa shape index (κ3) is 2.87. The van der Waals surface area contributed by atoms with E-state index in [1.54, 1.807) is 12.4 Å². The predicted octanol–water partition coefficient (Wildman–Crippen LogP) is 3.22. The molecule has 0 radical (unpaired) electrons. The molecule has 0 bridgehead atoms. The molecule has 2 aliphatic rings. The quantitative estimate of drug-likeness (QED) is 0.571. The third-order valence-corrected chi connectivity index (χ3v) is 6.53. The van der Waals surface area contributed by atoms with Crippen LogP contribution in [0.2, 0.25) is 0 Å². The van der Waals surface area contributed by atoms with E-state index in [0.29, 0.717) is 16.8 Å². The van der Waals surface area contributed by atoms with Crippen LogP contribution in [0.1, 0.15) is 36.0 Å². The maximum absolute atomic E-state index is 13.0. The van der Waals surface area contributed by atoms with Crippen molar-refractivity contribution in [1.29, 1.82) is 0 Å². The Morgan fingerprint density at radius 2 is 1.90 bits per heavy atom. The number of rotatable bonds is 3. The van der Waals surface area contributed by atoms with Crippen LogP contribution in [0.3, 0.4) is 0 Å². The first-order chi connectivity index (χ1) is 14.7. The van der Waals surface area contributed by atoms with Gasteiger partial charge in [-0.2, -0.15) is 0 Å². The lowest BCUT2D eigenvalue weighted by Gasteiger charge is -2.32. The highest BCUT2D eigenvalue weighted by atomic mass is 16.2. The fourth-order valence-corrected chi connectivity index (χ4v) is 4.39. The molecule has 4 aromatic heterocycles. The zero-order chi connectivity index (χ0) is 20.1. The SMILES string of the molecule is O=C(c1cnc2c(ccn2-c2ccc(-c3nnc[nH]3)nc2)c1)N1CCC2(CC1)CC2. The number of piperidine rings is 1. The summed E-state index contributed by atoms with van der Waals surface area (Å²) in [5.41, 5.74) is 3.64. The molecule has 8 heteroatoms. The van der Waals surface area contributed by atoms with E-state index in [4.69, 9.17) is 0 Å². The molecular weight excluding hydrogens is 378 g/mol. The number of fused-ring (bicyclic) bond motifs is 1. The maximum atomic E-state index is 13.0. The zero-order valence-electron chi connectivity index (χ0n) is 16.5. The first-order valence-electron chi connectivity index (χ1n) is 10.3. The molecule has 1 aliphatic carbocycles. The summed E-state index contributed by atoms with van der Waals surface area (Å²) in [6.07, 6.45) is 11.9. The lowest BCUT2D eigenvalue weighted by atomic mass is 9.93. The fraction of sp³-hybridized carbons (Fsp3) is 0.318. The lowest BCUT2D eigenvalue weighted by molar-refractivity contribution is 0.0678. The minimum Gasteiger partial charge on any atom is -0.339 e. The number of aromatic amines is 1. The zero-order valence-corrected chi connectivity index (χ0v) is 16.5. The highest BCUT2D eigenvalue weighted by Crippen LogP contribution is 2.53. The second kappa shape index (κ2) is 6.48. The van der Waals surface area contributed by atoms with E-state index in [1.165, 1.54) is 19.2 Å². The van der Waals surface area contributed by atoms with Crippen molar-refractivity contribution in [2.75, 3.05) is 13.1 Å². The van der Waals surface area contributed by atoms with Crippen LogP contribution in [0, 0.1) is 5.41 Å². The summed E-state index contributed by atoms with van der Waals surface area (Å²) in [6, 6.07) is 7.78. The number of H-pyrrole nitrogens is 1. The van der Waals surface area contributed by atoms with Gasteiger partial charge in [-0.15, -0.1) is 10.2 Å². The smallest absolute Gasteiger partial charge is 0.255 e. The molecule has 2 fully saturated rings. The molecular formula is C22H21N7O. The predicted molar refractivity (Wildman–Crippen MR) is 111 cm³/mol. The summed E-state index contributed by atoms with van der Waals surface area (Å²) in [7, 11) is 0. The van der Waals surface area contributed by atoms with E-state index in [-0.39, 0.29) is 5.91 Å². The van der Waals surface area contributed by atoms with Crippen LogP contribution in [-0.4, -0.2) is 53.6 Å². The van der Waals surface area contributed by atoms with Crippen molar-refractivity contribution in [3.05, 3.63) is 54.7 Å². The van der Waals surface area contributed by atoms with Gasteiger partial charge in [-0.3, -0.25) is 14.3 Å². The molecule has 1 saturated carbocycles. The summed E-state index contributed by atoms with van der Waals surface area (Å²) in [5, 5.41) is 8.71. The average molecular weight is 399 g/mol. The highest BCUT2D eigenvalue weighted by molar-refractivity contribution is 5.97. The van der Waals surface area contributed by atoms with Crippen LogP contribution in [0.15, 0.2) is 49.2 Å². The molecule has 8 nitrogen and oxygen atoms in total. The number of aromatic nitrogens is 6. The number of carbonyl (C=O) groups is 1. The number of nitrogens with zero attached hydrogens (tertiary/aromatic N) is 6. The molecule has 0 atom stereocenters. The van der Waals surface area contributed by atoms with Gasteiger partial charge in [-0.25, -0.2) is 4.98 Å². The molecule has 30 heavy (non-hydrogen) atoms. The van der Waals surface area contributed by atoms with E-state index in [0.717, 1.165) is 48.3 Å². The fourth-order valence-electron chi connectivity index (χ4n) is 4.39. The topological polar surface area (TPSA) is 92.6 Å². The van der Waals surface area contributed by atoms with Crippen molar-refractivity contribution in [1.82, 2.24) is 34.6 Å². The van der Waals surface area contributed by atoms with Crippen LogP contribution in [0.5, 0.6) is 0 Å². The summed E-state index contributed by atoms with van der Waals surface area (Å²) < 4.78 is 1.97. The number of hydrogen-bond acceptors (Lipinski definition) is 5. The van der Waals surface area contributed by atoms with Crippen LogP contribution in [-0.2, 0) is 0 Å². The van der Waals surface area contributed by atoms with Gasteiger partial charge in [0.15, 0.2) is 5.82 Å². The van der Waals surface area contributed by atoms with Crippen LogP contribution in [0.4, 0.5) is 0 Å². The van der Waals surface area contributed by atoms with Crippen LogP contribution < -0.4 is 0 Å². The van der Waals surface area contributed by atoms with E-state index in [1.807, 2.05) is 39.9 Å². The van der Waals surface area contributed by atoms with Gasteiger partial charge in [0.2, 0.25) is 0 Å². The van der Waals surface area contributed by atoms with Crippen molar-refractivity contribution >= 4 is 16.9 Å². The van der Waals surface area contributed by atoms with Gasteiger partial charge < -0.3 is 9.88 Å². The highest BCUT2D eigenvalue weighted by Gasteiger charge is 2.45. The Morgan fingerprint density at radius 3 is 2.60 bits per heavy atom. The molecule has 6 rings (SSSR count). The number of nitrogens with one attached hydrogen (secondary N) is 1. The summed E-state index contributed by atoms with van der Waals surface area (Å²) in [5.74, 6) is 0.719. The molecule has 1 spiro atoms. The summed E-state index contributed by atoms with van der Waals surface area (Å²) in [4.78, 5) is 27.0. The van der Waals surface area contributed by atoms with Gasteiger partial charge in [0.1, 0.15) is 17.7 Å². The Hall–Kier alpha value is -3.55. The van der Waals surface area contributed by atoms with E-state index < -0.39 is 0 Å². The van der Waals surface area contributed by atoms with Gasteiger partial charge in [0.05, 0.1) is 17.4 Å². The Morgan fingerprint density at radius 1 is 1.03 bits per heavy atom. The van der Waals surface area contributed by atoms with Gasteiger partial charge in [0, 0.05) is 30.9 Å². The third-order valence-electron chi connectivity index (χ3n) is 6.53. The van der Waals surface area contributed by atoms with Gasteiger partial charge in [-0.1, -0.05) is 0 Å². The molecule has 1 saturated heterocycles. The molecule has 1 amide bonds. The normalized spacial score (nSPS) is 17.5. The molecule has 0 unspecified atom stereocenters. The minimum atomic E-state index is 0.0886. The molecule has 4 aromatic rings. The number of carbonyl (C=O) groups excluding carboxylic acids is 1. The Labute approximate surface area is 173 Å². The van der Waals surface area contributed by atoms with E-state index >= 15 is 0 Å². The molecule has 1 aliphatic heterocycles. The first-order valence-corrected chi connectivity index (χ1v) is 10.3. The van der Waals surface area contributed by atoms with Crippen molar-refractivity contribution in [2.45, 2.75) is 25.7 Å². The lowest BCUT2D eigenvalue weighted by Crippen LogP contribution is -2.39. The number of hydrogen-bond donors (Lipinski definition) is 1. The average Bonchev–Trinajstić information content (AvgIpc) is 3.20. The standard InChI is InChI=1S/C22H21N7O/c30-21(28-9-6-22(4-5-22)7-10-28)16-11-15-3-8-29(20(15)24-12-16)17-1-2-18(23-13-17)19-25-14-26-27-19/h1-3,8,11-14H,4-7,9-10H2,(H,25,26,27). The molecule has 1 N–H and O–H groups in total. The first kappa shape index (κ1) is 17.3. The second-order valence-electron chi connectivity index (χ2n) is 8.35.